The fourth-order valence-electron chi connectivity index (χ4n) is 2.33. The highest BCUT2D eigenvalue weighted by Crippen LogP contribution is 2.18. The van der Waals surface area contributed by atoms with Crippen LogP contribution in [-0.2, 0) is 0 Å². The molecule has 0 aliphatic heterocycles. The second-order valence-corrected chi connectivity index (χ2v) is 6.21. The van der Waals surface area contributed by atoms with E-state index in [1.165, 1.54) is 0 Å². The monoisotopic (exact) mass is 342 g/mol. The molecular formula is C17H18N4O2S. The smallest absolute Gasteiger partial charge is 0.251 e. The Morgan fingerprint density at radius 3 is 2.58 bits per heavy atom. The number of hydrogen-bond donors (Lipinski definition) is 2. The number of fused-ring (bicyclic) bond motifs is 1. The minimum atomic E-state index is -0.755. The van der Waals surface area contributed by atoms with Crippen LogP contribution in [0.1, 0.15) is 22.0 Å². The SMILES string of the molecule is CN(C)c1ccc([C@H](O)CNC(=O)c2ccc3nsnc3c2)cc1. The summed E-state index contributed by atoms with van der Waals surface area (Å²) in [5, 5.41) is 13.0. The number of anilines is 1. The molecule has 0 bridgehead atoms. The first-order valence-corrected chi connectivity index (χ1v) is 8.23. The average molecular weight is 342 g/mol. The van der Waals surface area contributed by atoms with Gasteiger partial charge in [-0.15, -0.1) is 0 Å². The predicted octanol–water partition coefficient (Wildman–Crippen LogP) is 2.22. The first kappa shape index (κ1) is 16.4. The Bertz CT molecular complexity index is 845. The number of aliphatic hydroxyl groups is 1. The number of nitrogens with one attached hydrogen (secondary N) is 1. The number of rotatable bonds is 5. The normalized spacial score (nSPS) is 12.1. The van der Waals surface area contributed by atoms with Crippen LogP contribution in [0.3, 0.4) is 0 Å². The third kappa shape index (κ3) is 3.52. The molecule has 2 aromatic carbocycles. The van der Waals surface area contributed by atoms with Gasteiger partial charge >= 0.3 is 0 Å². The Morgan fingerprint density at radius 1 is 1.17 bits per heavy atom. The Labute approximate surface area is 144 Å². The van der Waals surface area contributed by atoms with Crippen LogP contribution in [0.25, 0.3) is 11.0 Å². The summed E-state index contributed by atoms with van der Waals surface area (Å²) in [6, 6.07) is 12.8. The van der Waals surface area contributed by atoms with Crippen molar-refractivity contribution in [2.45, 2.75) is 6.10 Å². The van der Waals surface area contributed by atoms with Gasteiger partial charge in [-0.3, -0.25) is 4.79 Å². The fraction of sp³-hybridized carbons (Fsp3) is 0.235. The molecule has 124 valence electrons. The molecule has 1 atom stereocenters. The zero-order valence-electron chi connectivity index (χ0n) is 13.4. The summed E-state index contributed by atoms with van der Waals surface area (Å²) >= 11 is 1.12. The fourth-order valence-corrected chi connectivity index (χ4v) is 2.84. The summed E-state index contributed by atoms with van der Waals surface area (Å²) in [5.41, 5.74) is 3.80. The van der Waals surface area contributed by atoms with Crippen molar-refractivity contribution in [1.29, 1.82) is 0 Å². The van der Waals surface area contributed by atoms with Gasteiger partial charge in [-0.25, -0.2) is 0 Å². The van der Waals surface area contributed by atoms with E-state index < -0.39 is 6.10 Å². The highest BCUT2D eigenvalue weighted by molar-refractivity contribution is 7.00. The zero-order valence-corrected chi connectivity index (χ0v) is 14.2. The van der Waals surface area contributed by atoms with Crippen LogP contribution in [-0.4, -0.2) is 40.4 Å². The minimum Gasteiger partial charge on any atom is -0.387 e. The Morgan fingerprint density at radius 2 is 1.88 bits per heavy atom. The maximum Gasteiger partial charge on any atom is 0.251 e. The van der Waals surface area contributed by atoms with E-state index in [-0.39, 0.29) is 12.5 Å². The number of benzene rings is 2. The summed E-state index contributed by atoms with van der Waals surface area (Å²) in [6.07, 6.45) is -0.755. The maximum atomic E-state index is 12.2. The number of carbonyl (C=O) groups excluding carboxylic acids is 1. The van der Waals surface area contributed by atoms with Crippen molar-refractivity contribution >= 4 is 34.4 Å². The maximum absolute atomic E-state index is 12.2. The van der Waals surface area contributed by atoms with Crippen molar-refractivity contribution in [2.75, 3.05) is 25.5 Å². The van der Waals surface area contributed by atoms with Crippen LogP contribution in [0.2, 0.25) is 0 Å². The lowest BCUT2D eigenvalue weighted by molar-refractivity contribution is 0.0916. The third-order valence-corrected chi connectivity index (χ3v) is 4.32. The van der Waals surface area contributed by atoms with Crippen LogP contribution in [0, 0.1) is 0 Å². The van der Waals surface area contributed by atoms with Crippen molar-refractivity contribution in [3.63, 3.8) is 0 Å². The quantitative estimate of drug-likeness (QED) is 0.743. The van der Waals surface area contributed by atoms with Crippen molar-refractivity contribution in [3.8, 4) is 0 Å². The molecule has 0 unspecified atom stereocenters. The molecule has 0 fully saturated rings. The molecule has 3 aromatic rings. The highest BCUT2D eigenvalue weighted by atomic mass is 32.1. The van der Waals surface area contributed by atoms with E-state index in [2.05, 4.69) is 14.1 Å². The molecule has 3 rings (SSSR count). The van der Waals surface area contributed by atoms with Gasteiger partial charge in [-0.1, -0.05) is 12.1 Å². The van der Waals surface area contributed by atoms with E-state index in [1.807, 2.05) is 43.3 Å². The lowest BCUT2D eigenvalue weighted by atomic mass is 10.1. The third-order valence-electron chi connectivity index (χ3n) is 3.77. The van der Waals surface area contributed by atoms with Crippen molar-refractivity contribution in [3.05, 3.63) is 53.6 Å². The molecule has 1 aromatic heterocycles. The van der Waals surface area contributed by atoms with Gasteiger partial charge in [0.2, 0.25) is 0 Å². The first-order chi connectivity index (χ1) is 11.5. The van der Waals surface area contributed by atoms with Gasteiger partial charge in [0.25, 0.3) is 5.91 Å². The summed E-state index contributed by atoms with van der Waals surface area (Å²) < 4.78 is 8.23. The molecule has 7 heteroatoms. The van der Waals surface area contributed by atoms with Crippen molar-refractivity contribution in [1.82, 2.24) is 14.1 Å². The van der Waals surface area contributed by atoms with Crippen LogP contribution in [0.5, 0.6) is 0 Å². The molecule has 1 amide bonds. The number of aromatic nitrogens is 2. The van der Waals surface area contributed by atoms with Crippen LogP contribution in [0.4, 0.5) is 5.69 Å². The average Bonchev–Trinajstić information content (AvgIpc) is 3.07. The highest BCUT2D eigenvalue weighted by Gasteiger charge is 2.12. The van der Waals surface area contributed by atoms with E-state index in [0.717, 1.165) is 28.5 Å². The van der Waals surface area contributed by atoms with Gasteiger partial charge in [-0.05, 0) is 35.9 Å². The van der Waals surface area contributed by atoms with E-state index in [0.29, 0.717) is 11.1 Å². The van der Waals surface area contributed by atoms with Gasteiger partial charge in [0.15, 0.2) is 0 Å². The summed E-state index contributed by atoms with van der Waals surface area (Å²) in [5.74, 6) is -0.242. The van der Waals surface area contributed by atoms with Gasteiger partial charge in [0.1, 0.15) is 11.0 Å². The van der Waals surface area contributed by atoms with Crippen LogP contribution < -0.4 is 10.2 Å². The zero-order chi connectivity index (χ0) is 17.1. The molecule has 0 saturated carbocycles. The predicted molar refractivity (Wildman–Crippen MR) is 95.5 cm³/mol. The van der Waals surface area contributed by atoms with Gasteiger partial charge in [-0.2, -0.15) is 8.75 Å². The van der Waals surface area contributed by atoms with Crippen LogP contribution in [0.15, 0.2) is 42.5 Å². The standard InChI is InChI=1S/C17H18N4O2S/c1-21(2)13-6-3-11(4-7-13)16(22)10-18-17(23)12-5-8-14-15(9-12)20-24-19-14/h3-9,16,22H,10H2,1-2H3,(H,18,23)/t16-/m1/s1. The molecule has 0 radical (unpaired) electrons. The minimum absolute atomic E-state index is 0.146. The lowest BCUT2D eigenvalue weighted by Gasteiger charge is -2.15. The Kier molecular flexibility index (Phi) is 4.73. The van der Waals surface area contributed by atoms with Crippen LogP contribution >= 0.6 is 11.7 Å². The molecule has 6 nitrogen and oxygen atoms in total. The number of aliphatic hydroxyl groups excluding tert-OH is 1. The topological polar surface area (TPSA) is 78.4 Å². The number of amides is 1. The molecule has 0 saturated heterocycles. The van der Waals surface area contributed by atoms with E-state index in [4.69, 9.17) is 0 Å². The number of nitrogens with zero attached hydrogens (tertiary/aromatic N) is 3. The van der Waals surface area contributed by atoms with Gasteiger partial charge < -0.3 is 15.3 Å². The van der Waals surface area contributed by atoms with Gasteiger partial charge in [0.05, 0.1) is 17.8 Å². The molecule has 2 N–H and O–H groups in total. The summed E-state index contributed by atoms with van der Waals surface area (Å²) in [6.45, 7) is 0.146. The molecule has 0 aliphatic rings. The van der Waals surface area contributed by atoms with Gasteiger partial charge in [0, 0.05) is 31.9 Å². The van der Waals surface area contributed by atoms with E-state index in [1.54, 1.807) is 18.2 Å². The molecule has 0 aliphatic carbocycles. The summed E-state index contributed by atoms with van der Waals surface area (Å²) in [7, 11) is 3.92. The summed E-state index contributed by atoms with van der Waals surface area (Å²) in [4.78, 5) is 14.2. The van der Waals surface area contributed by atoms with E-state index in [9.17, 15) is 9.90 Å². The second-order valence-electron chi connectivity index (χ2n) is 5.68. The molecular weight excluding hydrogens is 324 g/mol. The van der Waals surface area contributed by atoms with E-state index >= 15 is 0 Å². The van der Waals surface area contributed by atoms with Crippen molar-refractivity contribution < 1.29 is 9.90 Å². The van der Waals surface area contributed by atoms with Crippen molar-refractivity contribution in [2.24, 2.45) is 0 Å². The largest absolute Gasteiger partial charge is 0.387 e. The first-order valence-electron chi connectivity index (χ1n) is 7.50. The molecule has 24 heavy (non-hydrogen) atoms. The number of carbonyl (C=O) groups is 1. The Hall–Kier alpha value is -2.51. The Balaban J connectivity index is 1.62. The molecule has 1 heterocycles. The lowest BCUT2D eigenvalue weighted by Crippen LogP contribution is -2.28. The molecule has 0 spiro atoms. The second kappa shape index (κ2) is 6.94. The number of hydrogen-bond acceptors (Lipinski definition) is 6.